The van der Waals surface area contributed by atoms with Crippen molar-refractivity contribution in [2.45, 2.75) is 32.7 Å². The second-order valence-corrected chi connectivity index (χ2v) is 11.8. The molecule has 1 atom stereocenters. The van der Waals surface area contributed by atoms with Crippen LogP contribution in [0.15, 0.2) is 54.1 Å². The fourth-order valence-corrected chi connectivity index (χ4v) is 7.18. The SMILES string of the molecule is C#CCOc1c(I)cc(I)cc1C1Nc2ccc3ccccc3c2C2=C1C(=O)CC(C)(C)C2. The summed E-state index contributed by atoms with van der Waals surface area (Å²) in [4.78, 5) is 13.7. The second kappa shape index (κ2) is 8.62. The molecule has 33 heavy (non-hydrogen) atoms. The predicted molar refractivity (Wildman–Crippen MR) is 151 cm³/mol. The topological polar surface area (TPSA) is 38.3 Å². The van der Waals surface area contributed by atoms with Gasteiger partial charge in [-0.2, -0.15) is 0 Å². The first kappa shape index (κ1) is 22.7. The molecule has 1 aliphatic heterocycles. The van der Waals surface area contributed by atoms with Gasteiger partial charge in [0, 0.05) is 32.4 Å². The number of Topliss-reactive ketones (excluding diaryl/α,β-unsaturated/α-hetero) is 1. The number of benzene rings is 3. The van der Waals surface area contributed by atoms with Crippen LogP contribution in [-0.4, -0.2) is 12.4 Å². The largest absolute Gasteiger partial charge is 0.479 e. The molecular formula is C28H23I2NO2. The normalized spacial score (nSPS) is 18.9. The molecule has 3 aromatic rings. The number of rotatable bonds is 3. The Morgan fingerprint density at radius 1 is 1.15 bits per heavy atom. The zero-order valence-corrected chi connectivity index (χ0v) is 22.8. The molecule has 0 saturated carbocycles. The van der Waals surface area contributed by atoms with E-state index in [0.717, 1.165) is 47.3 Å². The number of carbonyl (C=O) groups is 1. The van der Waals surface area contributed by atoms with E-state index < -0.39 is 0 Å². The van der Waals surface area contributed by atoms with Gasteiger partial charge in [-0.05, 0) is 91.6 Å². The smallest absolute Gasteiger partial charge is 0.162 e. The molecule has 0 radical (unpaired) electrons. The third-order valence-corrected chi connectivity index (χ3v) is 7.81. The van der Waals surface area contributed by atoms with Crippen LogP contribution in [0.4, 0.5) is 5.69 Å². The lowest BCUT2D eigenvalue weighted by molar-refractivity contribution is -0.118. The number of nitrogens with one attached hydrogen (secondary N) is 1. The van der Waals surface area contributed by atoms with Gasteiger partial charge in [-0.25, -0.2) is 0 Å². The number of terminal acetylenes is 1. The predicted octanol–water partition coefficient (Wildman–Crippen LogP) is 7.37. The maximum Gasteiger partial charge on any atom is 0.162 e. The van der Waals surface area contributed by atoms with Gasteiger partial charge in [-0.15, -0.1) is 6.42 Å². The Balaban J connectivity index is 1.80. The lowest BCUT2D eigenvalue weighted by atomic mass is 9.68. The molecule has 0 aromatic heterocycles. The molecule has 0 bridgehead atoms. The van der Waals surface area contributed by atoms with Crippen molar-refractivity contribution in [3.63, 3.8) is 0 Å². The van der Waals surface area contributed by atoms with Crippen LogP contribution in [0.2, 0.25) is 0 Å². The Morgan fingerprint density at radius 2 is 1.94 bits per heavy atom. The number of anilines is 1. The van der Waals surface area contributed by atoms with Crippen molar-refractivity contribution in [1.82, 2.24) is 0 Å². The highest BCUT2D eigenvalue weighted by Crippen LogP contribution is 2.53. The van der Waals surface area contributed by atoms with Crippen LogP contribution in [0.5, 0.6) is 5.75 Å². The van der Waals surface area contributed by atoms with E-state index in [2.05, 4.69) is 119 Å². The van der Waals surface area contributed by atoms with Crippen LogP contribution in [0.25, 0.3) is 16.3 Å². The van der Waals surface area contributed by atoms with Crippen LogP contribution < -0.4 is 10.1 Å². The van der Waals surface area contributed by atoms with E-state index in [0.29, 0.717) is 6.42 Å². The van der Waals surface area contributed by atoms with Crippen molar-refractivity contribution in [1.29, 1.82) is 0 Å². The quantitative estimate of drug-likeness (QED) is 0.236. The third kappa shape index (κ3) is 4.06. The maximum atomic E-state index is 13.7. The first-order valence-corrected chi connectivity index (χ1v) is 13.0. The second-order valence-electron chi connectivity index (χ2n) is 9.42. The van der Waals surface area contributed by atoms with Crippen LogP contribution in [0.1, 0.15) is 43.9 Å². The summed E-state index contributed by atoms with van der Waals surface area (Å²) in [5.41, 5.74) is 5.10. The Hall–Kier alpha value is -2.05. The van der Waals surface area contributed by atoms with Crippen molar-refractivity contribution >= 4 is 73.0 Å². The van der Waals surface area contributed by atoms with E-state index in [-0.39, 0.29) is 23.8 Å². The fraction of sp³-hybridized carbons (Fsp3) is 0.250. The van der Waals surface area contributed by atoms with Crippen LogP contribution in [-0.2, 0) is 4.79 Å². The minimum Gasteiger partial charge on any atom is -0.479 e. The van der Waals surface area contributed by atoms with Gasteiger partial charge in [0.1, 0.15) is 12.4 Å². The van der Waals surface area contributed by atoms with Gasteiger partial charge in [0.25, 0.3) is 0 Å². The Labute approximate surface area is 221 Å². The summed E-state index contributed by atoms with van der Waals surface area (Å²) in [7, 11) is 0. The molecule has 0 fully saturated rings. The van der Waals surface area contributed by atoms with Crippen molar-refractivity contribution in [3.8, 4) is 18.1 Å². The zero-order chi connectivity index (χ0) is 23.3. The Kier molecular flexibility index (Phi) is 5.94. The van der Waals surface area contributed by atoms with Crippen LogP contribution >= 0.6 is 45.2 Å². The van der Waals surface area contributed by atoms with Gasteiger partial charge in [0.2, 0.25) is 0 Å². The first-order valence-electron chi connectivity index (χ1n) is 10.9. The summed E-state index contributed by atoms with van der Waals surface area (Å²) in [6.07, 6.45) is 6.89. The summed E-state index contributed by atoms with van der Waals surface area (Å²) >= 11 is 4.61. The lowest BCUT2D eigenvalue weighted by Gasteiger charge is -2.40. The number of hydrogen-bond acceptors (Lipinski definition) is 3. The van der Waals surface area contributed by atoms with E-state index >= 15 is 0 Å². The highest BCUT2D eigenvalue weighted by atomic mass is 127. The first-order chi connectivity index (χ1) is 15.8. The van der Waals surface area contributed by atoms with Gasteiger partial charge >= 0.3 is 0 Å². The van der Waals surface area contributed by atoms with Gasteiger partial charge in [-0.3, -0.25) is 4.79 Å². The molecule has 3 nitrogen and oxygen atoms in total. The van der Waals surface area contributed by atoms with Crippen LogP contribution in [0, 0.1) is 24.9 Å². The van der Waals surface area contributed by atoms with E-state index in [9.17, 15) is 4.79 Å². The number of allylic oxidation sites excluding steroid dienone is 1. The van der Waals surface area contributed by atoms with Crippen LogP contribution in [0.3, 0.4) is 0 Å². The molecule has 1 unspecified atom stereocenters. The summed E-state index contributed by atoms with van der Waals surface area (Å²) in [6.45, 7) is 4.56. The van der Waals surface area contributed by atoms with Crippen molar-refractivity contribution in [2.24, 2.45) is 5.41 Å². The molecule has 0 amide bonds. The zero-order valence-electron chi connectivity index (χ0n) is 18.5. The molecular weight excluding hydrogens is 636 g/mol. The molecule has 1 aliphatic carbocycles. The molecule has 3 aromatic carbocycles. The molecule has 5 heteroatoms. The van der Waals surface area contributed by atoms with E-state index in [1.54, 1.807) is 0 Å². The number of carbonyl (C=O) groups excluding carboxylic acids is 1. The van der Waals surface area contributed by atoms with Gasteiger partial charge < -0.3 is 10.1 Å². The molecule has 166 valence electrons. The minimum absolute atomic E-state index is 0.0889. The van der Waals surface area contributed by atoms with E-state index in [1.807, 2.05) is 0 Å². The highest BCUT2D eigenvalue weighted by Gasteiger charge is 2.41. The fourth-order valence-electron chi connectivity index (χ4n) is 5.13. The Bertz CT molecular complexity index is 1380. The molecule has 5 rings (SSSR count). The molecule has 2 aliphatic rings. The van der Waals surface area contributed by atoms with Gasteiger partial charge in [0.05, 0.1) is 9.61 Å². The average Bonchev–Trinajstić information content (AvgIpc) is 2.76. The number of ether oxygens (including phenoxy) is 1. The molecule has 0 saturated heterocycles. The number of halogens is 2. The van der Waals surface area contributed by atoms with Crippen molar-refractivity contribution in [3.05, 3.63) is 72.4 Å². The molecule has 1 heterocycles. The number of hydrogen-bond donors (Lipinski definition) is 1. The standard InChI is InChI=1S/C28H23I2NO2/c1-4-11-33-27-19(12-17(29)13-21(27)30)26-25-20(14-28(2,3)15-23(25)32)24-18-8-6-5-7-16(18)9-10-22(24)31-26/h1,5-10,12-13,26,31H,11,14-15H2,2-3H3. The third-order valence-electron chi connectivity index (χ3n) is 6.39. The summed E-state index contributed by atoms with van der Waals surface area (Å²) < 4.78 is 8.10. The number of ketones is 1. The molecule has 0 spiro atoms. The van der Waals surface area contributed by atoms with E-state index in [4.69, 9.17) is 11.2 Å². The Morgan fingerprint density at radius 3 is 2.73 bits per heavy atom. The summed E-state index contributed by atoms with van der Waals surface area (Å²) in [6, 6.07) is 16.6. The van der Waals surface area contributed by atoms with Crippen molar-refractivity contribution < 1.29 is 9.53 Å². The van der Waals surface area contributed by atoms with Crippen molar-refractivity contribution in [2.75, 3.05) is 11.9 Å². The monoisotopic (exact) mass is 659 g/mol. The van der Waals surface area contributed by atoms with E-state index in [1.165, 1.54) is 10.8 Å². The lowest BCUT2D eigenvalue weighted by Crippen LogP contribution is -2.33. The van der Waals surface area contributed by atoms with Gasteiger partial charge in [0.15, 0.2) is 5.78 Å². The average molecular weight is 659 g/mol. The molecule has 1 N–H and O–H groups in total. The summed E-state index contributed by atoms with van der Waals surface area (Å²) in [5.74, 6) is 3.53. The highest BCUT2D eigenvalue weighted by molar-refractivity contribution is 14.1. The van der Waals surface area contributed by atoms with Gasteiger partial charge in [-0.1, -0.05) is 50.1 Å². The number of fused-ring (bicyclic) bond motifs is 4. The minimum atomic E-state index is -0.284. The summed E-state index contributed by atoms with van der Waals surface area (Å²) in [5, 5.41) is 6.08. The maximum absolute atomic E-state index is 13.7.